The molecule has 0 amide bonds. The molecule has 3 aromatic rings. The van der Waals surface area contributed by atoms with Crippen molar-refractivity contribution in [3.05, 3.63) is 59.4 Å². The molecule has 7 heteroatoms. The van der Waals surface area contributed by atoms with Crippen LogP contribution in [0.25, 0.3) is 17.1 Å². The standard InChI is InChI=1S/C18H18ClFN4O/c1-23(2)11-12-25-18-21-17(13-3-5-14(19)6-4-13)24(22-18)16-9-7-15(20)8-10-16/h3-10H,11-12H2,1-2H3. The van der Waals surface area contributed by atoms with Gasteiger partial charge in [0, 0.05) is 17.1 Å². The summed E-state index contributed by atoms with van der Waals surface area (Å²) in [5.41, 5.74) is 1.53. The Morgan fingerprint density at radius 2 is 1.76 bits per heavy atom. The van der Waals surface area contributed by atoms with Gasteiger partial charge in [-0.3, -0.25) is 0 Å². The number of ether oxygens (including phenoxy) is 1. The van der Waals surface area contributed by atoms with Crippen molar-refractivity contribution < 1.29 is 9.13 Å². The maximum absolute atomic E-state index is 13.2. The molecule has 0 aliphatic carbocycles. The summed E-state index contributed by atoms with van der Waals surface area (Å²) in [7, 11) is 3.93. The van der Waals surface area contributed by atoms with Gasteiger partial charge in [-0.1, -0.05) is 11.6 Å². The minimum Gasteiger partial charge on any atom is -0.461 e. The summed E-state index contributed by atoms with van der Waals surface area (Å²) in [6.07, 6.45) is 0. The van der Waals surface area contributed by atoms with Gasteiger partial charge in [0.05, 0.1) is 5.69 Å². The molecule has 0 saturated heterocycles. The van der Waals surface area contributed by atoms with Gasteiger partial charge >= 0.3 is 6.01 Å². The highest BCUT2D eigenvalue weighted by molar-refractivity contribution is 6.30. The van der Waals surface area contributed by atoms with E-state index in [2.05, 4.69) is 10.1 Å². The van der Waals surface area contributed by atoms with E-state index in [1.54, 1.807) is 28.9 Å². The molecule has 0 saturated carbocycles. The first-order valence-corrected chi connectivity index (χ1v) is 8.17. The summed E-state index contributed by atoms with van der Waals surface area (Å²) in [6.45, 7) is 1.22. The molecule has 0 aliphatic heterocycles. The summed E-state index contributed by atoms with van der Waals surface area (Å²) in [5, 5.41) is 5.05. The maximum atomic E-state index is 13.2. The SMILES string of the molecule is CN(C)CCOc1nc(-c2ccc(Cl)cc2)n(-c2ccc(F)cc2)n1. The molecular formula is C18H18ClFN4O. The van der Waals surface area contributed by atoms with Gasteiger partial charge < -0.3 is 9.64 Å². The number of aromatic nitrogens is 3. The lowest BCUT2D eigenvalue weighted by atomic mass is 10.2. The lowest BCUT2D eigenvalue weighted by Crippen LogP contribution is -2.19. The minimum atomic E-state index is -0.306. The molecule has 0 radical (unpaired) electrons. The van der Waals surface area contributed by atoms with Gasteiger partial charge in [-0.15, -0.1) is 5.10 Å². The largest absolute Gasteiger partial charge is 0.461 e. The van der Waals surface area contributed by atoms with Gasteiger partial charge in [-0.05, 0) is 62.6 Å². The van der Waals surface area contributed by atoms with Crippen LogP contribution in [0.4, 0.5) is 4.39 Å². The van der Waals surface area contributed by atoms with E-state index in [-0.39, 0.29) is 11.8 Å². The second-order valence-electron chi connectivity index (χ2n) is 5.76. The van der Waals surface area contributed by atoms with Gasteiger partial charge in [-0.25, -0.2) is 9.07 Å². The van der Waals surface area contributed by atoms with E-state index in [0.29, 0.717) is 23.1 Å². The van der Waals surface area contributed by atoms with Crippen LogP contribution in [0.1, 0.15) is 0 Å². The van der Waals surface area contributed by atoms with Crippen molar-refractivity contribution >= 4 is 11.6 Å². The number of benzene rings is 2. The monoisotopic (exact) mass is 360 g/mol. The zero-order chi connectivity index (χ0) is 17.8. The van der Waals surface area contributed by atoms with Crippen LogP contribution in [-0.2, 0) is 0 Å². The third-order valence-corrected chi connectivity index (χ3v) is 3.78. The Hall–Kier alpha value is -2.44. The Bertz CT molecular complexity index is 768. The van der Waals surface area contributed by atoms with Crippen LogP contribution in [0.3, 0.4) is 0 Å². The fourth-order valence-electron chi connectivity index (χ4n) is 2.22. The predicted molar refractivity (Wildman–Crippen MR) is 95.8 cm³/mol. The number of nitrogens with zero attached hydrogens (tertiary/aromatic N) is 4. The molecule has 5 nitrogen and oxygen atoms in total. The maximum Gasteiger partial charge on any atom is 0.336 e. The van der Waals surface area contributed by atoms with Crippen LogP contribution in [0.2, 0.25) is 5.02 Å². The molecule has 3 rings (SSSR count). The summed E-state index contributed by atoms with van der Waals surface area (Å²) in [5.74, 6) is 0.294. The number of hydrogen-bond donors (Lipinski definition) is 0. The average molecular weight is 361 g/mol. The van der Waals surface area contributed by atoms with Crippen LogP contribution in [0.15, 0.2) is 48.5 Å². The molecule has 0 spiro atoms. The highest BCUT2D eigenvalue weighted by atomic mass is 35.5. The quantitative estimate of drug-likeness (QED) is 0.672. The van der Waals surface area contributed by atoms with Crippen molar-refractivity contribution in [1.82, 2.24) is 19.7 Å². The third kappa shape index (κ3) is 4.35. The van der Waals surface area contributed by atoms with Crippen molar-refractivity contribution in [2.24, 2.45) is 0 Å². The Morgan fingerprint density at radius 1 is 1.08 bits per heavy atom. The molecule has 0 atom stereocenters. The predicted octanol–water partition coefficient (Wildman–Crippen LogP) is 3.67. The van der Waals surface area contributed by atoms with Crippen LogP contribution in [0, 0.1) is 5.82 Å². The minimum absolute atomic E-state index is 0.274. The lowest BCUT2D eigenvalue weighted by Gasteiger charge is -2.08. The molecule has 0 fully saturated rings. The van der Waals surface area contributed by atoms with Crippen molar-refractivity contribution in [1.29, 1.82) is 0 Å². The van der Waals surface area contributed by atoms with E-state index in [4.69, 9.17) is 16.3 Å². The molecule has 25 heavy (non-hydrogen) atoms. The van der Waals surface area contributed by atoms with E-state index < -0.39 is 0 Å². The average Bonchev–Trinajstić information content (AvgIpc) is 3.00. The summed E-state index contributed by atoms with van der Waals surface area (Å²) in [6, 6.07) is 13.6. The van der Waals surface area contributed by atoms with E-state index in [1.807, 2.05) is 31.1 Å². The number of halogens is 2. The van der Waals surface area contributed by atoms with Gasteiger partial charge in [0.25, 0.3) is 0 Å². The second-order valence-corrected chi connectivity index (χ2v) is 6.20. The van der Waals surface area contributed by atoms with Crippen molar-refractivity contribution in [3.63, 3.8) is 0 Å². The lowest BCUT2D eigenvalue weighted by molar-refractivity contribution is 0.245. The number of hydrogen-bond acceptors (Lipinski definition) is 4. The molecule has 0 unspecified atom stereocenters. The Balaban J connectivity index is 1.97. The third-order valence-electron chi connectivity index (χ3n) is 3.53. The second kappa shape index (κ2) is 7.63. The molecule has 0 bridgehead atoms. The summed E-state index contributed by atoms with van der Waals surface area (Å²) < 4.78 is 20.5. The first-order chi connectivity index (χ1) is 12.0. The zero-order valence-corrected chi connectivity index (χ0v) is 14.7. The topological polar surface area (TPSA) is 43.2 Å². The van der Waals surface area contributed by atoms with Crippen LogP contribution < -0.4 is 4.74 Å². The first kappa shape index (κ1) is 17.4. The molecular weight excluding hydrogens is 343 g/mol. The molecule has 130 valence electrons. The van der Waals surface area contributed by atoms with Crippen LogP contribution in [-0.4, -0.2) is 46.9 Å². The normalized spacial score (nSPS) is 11.1. The first-order valence-electron chi connectivity index (χ1n) is 7.79. The molecule has 1 heterocycles. The van der Waals surface area contributed by atoms with Crippen LogP contribution in [0.5, 0.6) is 6.01 Å². The van der Waals surface area contributed by atoms with E-state index in [0.717, 1.165) is 12.1 Å². The Labute approximate surface area is 150 Å². The zero-order valence-electron chi connectivity index (χ0n) is 14.0. The Morgan fingerprint density at radius 3 is 2.40 bits per heavy atom. The number of likely N-dealkylation sites (N-methyl/N-ethyl adjacent to an activating group) is 1. The Kier molecular flexibility index (Phi) is 5.31. The summed E-state index contributed by atoms with van der Waals surface area (Å²) >= 11 is 5.96. The van der Waals surface area contributed by atoms with Crippen molar-refractivity contribution in [2.45, 2.75) is 0 Å². The van der Waals surface area contributed by atoms with Crippen LogP contribution >= 0.6 is 11.6 Å². The highest BCUT2D eigenvalue weighted by Crippen LogP contribution is 2.25. The molecule has 2 aromatic carbocycles. The van der Waals surface area contributed by atoms with Gasteiger partial charge in [-0.2, -0.15) is 4.98 Å². The fraction of sp³-hybridized carbons (Fsp3) is 0.222. The fourth-order valence-corrected chi connectivity index (χ4v) is 2.35. The van der Waals surface area contributed by atoms with Crippen molar-refractivity contribution in [2.75, 3.05) is 27.2 Å². The van der Waals surface area contributed by atoms with Gasteiger partial charge in [0.1, 0.15) is 12.4 Å². The van der Waals surface area contributed by atoms with Gasteiger partial charge in [0.2, 0.25) is 0 Å². The smallest absolute Gasteiger partial charge is 0.336 e. The van der Waals surface area contributed by atoms with Gasteiger partial charge in [0.15, 0.2) is 5.82 Å². The number of rotatable bonds is 6. The van der Waals surface area contributed by atoms with E-state index in [9.17, 15) is 4.39 Å². The van der Waals surface area contributed by atoms with E-state index >= 15 is 0 Å². The molecule has 1 aromatic heterocycles. The molecule has 0 aliphatic rings. The highest BCUT2D eigenvalue weighted by Gasteiger charge is 2.15. The molecule has 0 N–H and O–H groups in total. The van der Waals surface area contributed by atoms with E-state index in [1.165, 1.54) is 12.1 Å². The van der Waals surface area contributed by atoms with Crippen molar-refractivity contribution in [3.8, 4) is 23.1 Å². The summed E-state index contributed by atoms with van der Waals surface area (Å²) in [4.78, 5) is 6.49.